The van der Waals surface area contributed by atoms with Gasteiger partial charge in [-0.3, -0.25) is 4.99 Å². The van der Waals surface area contributed by atoms with E-state index in [1.165, 1.54) is 21.9 Å². The van der Waals surface area contributed by atoms with Gasteiger partial charge in [0.1, 0.15) is 0 Å². The van der Waals surface area contributed by atoms with Crippen molar-refractivity contribution in [3.63, 3.8) is 0 Å². The van der Waals surface area contributed by atoms with E-state index < -0.39 is 0 Å². The molecular weight excluding hydrogens is 302 g/mol. The first-order valence-electron chi connectivity index (χ1n) is 9.17. The minimum Gasteiger partial charge on any atom is -0.283 e. The van der Waals surface area contributed by atoms with Gasteiger partial charge in [-0.1, -0.05) is 79.3 Å². The molecular formula is C24H27N. The van der Waals surface area contributed by atoms with Gasteiger partial charge in [-0.25, -0.2) is 0 Å². The number of nitrogens with zero attached hydrogens (tertiary/aromatic N) is 1. The minimum absolute atomic E-state index is 0.193. The van der Waals surface area contributed by atoms with Crippen LogP contribution < -0.4 is 0 Å². The molecule has 0 radical (unpaired) electrons. The zero-order valence-corrected chi connectivity index (χ0v) is 15.4. The van der Waals surface area contributed by atoms with Gasteiger partial charge in [0.15, 0.2) is 0 Å². The third kappa shape index (κ3) is 4.17. The van der Waals surface area contributed by atoms with Crippen molar-refractivity contribution < 1.29 is 0 Å². The van der Waals surface area contributed by atoms with Crippen LogP contribution in [0.1, 0.15) is 39.2 Å². The first-order chi connectivity index (χ1) is 12.1. The Morgan fingerprint density at radius 2 is 1.92 bits per heavy atom. The predicted molar refractivity (Wildman–Crippen MR) is 111 cm³/mol. The Kier molecular flexibility index (Phi) is 5.33. The van der Waals surface area contributed by atoms with E-state index in [1.54, 1.807) is 0 Å². The first-order valence-corrected chi connectivity index (χ1v) is 9.17. The standard InChI is InChI=1S/C24H27N/c1-4-20-18-24(3,25-17-8-7-10-19(20)2)16-15-22-13-9-12-21-11-5-6-14-23(21)22/h5-17,20H,4,18H2,1-3H3/b8-7-,16-15?,19-10+,25-17-. The van der Waals surface area contributed by atoms with Crippen molar-refractivity contribution in [3.8, 4) is 0 Å². The second-order valence-corrected chi connectivity index (χ2v) is 7.14. The number of rotatable bonds is 3. The van der Waals surface area contributed by atoms with E-state index in [0.717, 1.165) is 12.8 Å². The average molecular weight is 329 g/mol. The average Bonchev–Trinajstić information content (AvgIpc) is 2.70. The van der Waals surface area contributed by atoms with Gasteiger partial charge in [0, 0.05) is 6.21 Å². The lowest BCUT2D eigenvalue weighted by atomic mass is 9.83. The number of allylic oxidation sites excluding steroid dienone is 4. The molecule has 0 saturated carbocycles. The molecule has 0 amide bonds. The first kappa shape index (κ1) is 17.4. The van der Waals surface area contributed by atoms with E-state index in [1.807, 2.05) is 12.3 Å². The Balaban J connectivity index is 1.96. The molecule has 0 N–H and O–H groups in total. The SMILES string of the molecule is CCC1CC(C)(C=Cc2cccc3ccccc23)\N=C/C=C\C=C\1C. The normalized spacial score (nSPS) is 28.8. The zero-order valence-electron chi connectivity index (χ0n) is 15.4. The molecule has 0 aliphatic carbocycles. The molecule has 25 heavy (non-hydrogen) atoms. The van der Waals surface area contributed by atoms with Crippen molar-refractivity contribution in [2.45, 2.75) is 39.2 Å². The molecule has 0 saturated heterocycles. The van der Waals surface area contributed by atoms with Crippen LogP contribution in [0.25, 0.3) is 16.8 Å². The molecule has 2 atom stereocenters. The van der Waals surface area contributed by atoms with Crippen LogP contribution in [0.3, 0.4) is 0 Å². The summed E-state index contributed by atoms with van der Waals surface area (Å²) in [5.41, 5.74) is 2.50. The molecule has 0 spiro atoms. The smallest absolute Gasteiger partial charge is 0.0768 e. The van der Waals surface area contributed by atoms with Crippen molar-refractivity contribution in [3.05, 3.63) is 77.9 Å². The molecule has 3 rings (SSSR count). The highest BCUT2D eigenvalue weighted by Gasteiger charge is 2.24. The molecule has 1 heteroatoms. The summed E-state index contributed by atoms with van der Waals surface area (Å²) in [4.78, 5) is 4.87. The van der Waals surface area contributed by atoms with Gasteiger partial charge >= 0.3 is 0 Å². The van der Waals surface area contributed by atoms with Gasteiger partial charge in [0.2, 0.25) is 0 Å². The zero-order chi connectivity index (χ0) is 17.7. The van der Waals surface area contributed by atoms with Crippen molar-refractivity contribution >= 4 is 23.1 Å². The molecule has 128 valence electrons. The maximum Gasteiger partial charge on any atom is 0.0768 e. The summed E-state index contributed by atoms with van der Waals surface area (Å²) in [6, 6.07) is 15.0. The van der Waals surface area contributed by atoms with Crippen LogP contribution in [0, 0.1) is 5.92 Å². The van der Waals surface area contributed by atoms with Crippen molar-refractivity contribution in [1.29, 1.82) is 0 Å². The third-order valence-corrected chi connectivity index (χ3v) is 5.17. The molecule has 0 aromatic heterocycles. The van der Waals surface area contributed by atoms with Gasteiger partial charge in [-0.2, -0.15) is 0 Å². The van der Waals surface area contributed by atoms with Gasteiger partial charge in [-0.05, 0) is 55.0 Å². The van der Waals surface area contributed by atoms with E-state index in [-0.39, 0.29) is 5.54 Å². The Morgan fingerprint density at radius 3 is 2.76 bits per heavy atom. The van der Waals surface area contributed by atoms with Crippen molar-refractivity contribution in [1.82, 2.24) is 0 Å². The fourth-order valence-corrected chi connectivity index (χ4v) is 3.56. The lowest BCUT2D eigenvalue weighted by molar-refractivity contribution is 0.426. The third-order valence-electron chi connectivity index (χ3n) is 5.17. The second-order valence-electron chi connectivity index (χ2n) is 7.14. The summed E-state index contributed by atoms with van der Waals surface area (Å²) >= 11 is 0. The predicted octanol–water partition coefficient (Wildman–Crippen LogP) is 6.61. The van der Waals surface area contributed by atoms with Gasteiger partial charge in [0.05, 0.1) is 5.54 Å². The summed E-state index contributed by atoms with van der Waals surface area (Å²) in [5.74, 6) is 0.557. The fraction of sp³-hybridized carbons (Fsp3) is 0.292. The second kappa shape index (κ2) is 7.65. The highest BCUT2D eigenvalue weighted by atomic mass is 14.8. The summed E-state index contributed by atoms with van der Waals surface area (Å²) in [6.45, 7) is 6.74. The molecule has 2 aromatic rings. The molecule has 1 heterocycles. The van der Waals surface area contributed by atoms with Crippen LogP contribution in [0.4, 0.5) is 0 Å². The largest absolute Gasteiger partial charge is 0.283 e. The van der Waals surface area contributed by atoms with E-state index >= 15 is 0 Å². The number of fused-ring (bicyclic) bond motifs is 1. The van der Waals surface area contributed by atoms with Crippen molar-refractivity contribution in [2.75, 3.05) is 0 Å². The molecule has 1 aliphatic heterocycles. The summed E-state index contributed by atoms with van der Waals surface area (Å²) in [7, 11) is 0. The van der Waals surface area contributed by atoms with Crippen LogP contribution in [0.15, 0.2) is 77.3 Å². The molecule has 0 fully saturated rings. The van der Waals surface area contributed by atoms with Gasteiger partial charge in [0.25, 0.3) is 0 Å². The van der Waals surface area contributed by atoms with E-state index in [0.29, 0.717) is 5.92 Å². The summed E-state index contributed by atoms with van der Waals surface area (Å²) in [6.07, 6.45) is 15.0. The number of hydrogen-bond donors (Lipinski definition) is 0. The van der Waals surface area contributed by atoms with Crippen LogP contribution in [-0.2, 0) is 0 Å². The van der Waals surface area contributed by atoms with Gasteiger partial charge in [-0.15, -0.1) is 0 Å². The van der Waals surface area contributed by atoms with E-state index in [2.05, 4.69) is 87.5 Å². The van der Waals surface area contributed by atoms with Crippen LogP contribution in [-0.4, -0.2) is 11.8 Å². The van der Waals surface area contributed by atoms with Crippen molar-refractivity contribution in [2.24, 2.45) is 10.9 Å². The molecule has 1 nitrogen and oxygen atoms in total. The quantitative estimate of drug-likeness (QED) is 0.600. The summed E-state index contributed by atoms with van der Waals surface area (Å²) in [5, 5.41) is 2.57. The monoisotopic (exact) mass is 329 g/mol. The Morgan fingerprint density at radius 1 is 1.12 bits per heavy atom. The fourth-order valence-electron chi connectivity index (χ4n) is 3.56. The molecule has 0 bridgehead atoms. The minimum atomic E-state index is -0.193. The van der Waals surface area contributed by atoms with Crippen LogP contribution >= 0.6 is 0 Å². The van der Waals surface area contributed by atoms with Gasteiger partial charge < -0.3 is 0 Å². The van der Waals surface area contributed by atoms with E-state index in [4.69, 9.17) is 4.99 Å². The lowest BCUT2D eigenvalue weighted by Gasteiger charge is -2.27. The maximum absolute atomic E-state index is 4.87. The lowest BCUT2D eigenvalue weighted by Crippen LogP contribution is -2.23. The molecule has 1 aliphatic rings. The van der Waals surface area contributed by atoms with Crippen LogP contribution in [0.2, 0.25) is 0 Å². The Hall–Kier alpha value is -2.41. The highest BCUT2D eigenvalue weighted by Crippen LogP contribution is 2.31. The number of benzene rings is 2. The number of aliphatic imine (C=N–C) groups is 1. The highest BCUT2D eigenvalue weighted by molar-refractivity contribution is 5.90. The molecule has 2 unspecified atom stereocenters. The Labute approximate surface area is 151 Å². The maximum atomic E-state index is 4.87. The van der Waals surface area contributed by atoms with E-state index in [9.17, 15) is 0 Å². The van der Waals surface area contributed by atoms with Crippen LogP contribution in [0.5, 0.6) is 0 Å². The molecule has 2 aromatic carbocycles. The Bertz CT molecular complexity index is 848. The topological polar surface area (TPSA) is 12.4 Å². The number of hydrogen-bond acceptors (Lipinski definition) is 1. The summed E-state index contributed by atoms with van der Waals surface area (Å²) < 4.78 is 0.